The fourth-order valence-electron chi connectivity index (χ4n) is 2.16. The van der Waals surface area contributed by atoms with Gasteiger partial charge in [0.15, 0.2) is 0 Å². The number of fused-ring (bicyclic) bond motifs is 1. The van der Waals surface area contributed by atoms with Crippen molar-refractivity contribution < 1.29 is 14.9 Å². The molecule has 0 radical (unpaired) electrons. The van der Waals surface area contributed by atoms with E-state index in [1.807, 2.05) is 29.2 Å². The van der Waals surface area contributed by atoms with Gasteiger partial charge in [-0.05, 0) is 12.1 Å². The van der Waals surface area contributed by atoms with Crippen LogP contribution in [0.3, 0.4) is 0 Å². The van der Waals surface area contributed by atoms with Crippen LogP contribution in [-0.4, -0.2) is 48.6 Å². The van der Waals surface area contributed by atoms with Crippen LogP contribution in [0.2, 0.25) is 0 Å². The van der Waals surface area contributed by atoms with E-state index in [1.165, 1.54) is 0 Å². The van der Waals surface area contributed by atoms with E-state index in [1.54, 1.807) is 13.3 Å². The summed E-state index contributed by atoms with van der Waals surface area (Å²) < 4.78 is 5.34. The number of nitrogens with zero attached hydrogens (tertiary/aromatic N) is 2. The predicted molar refractivity (Wildman–Crippen MR) is 74.7 cm³/mol. The zero-order valence-corrected chi connectivity index (χ0v) is 10.9. The maximum absolute atomic E-state index is 9.12. The Morgan fingerprint density at radius 3 is 2.47 bits per heavy atom. The largest absolute Gasteiger partial charge is 0.496 e. The molecule has 0 aliphatic rings. The van der Waals surface area contributed by atoms with Gasteiger partial charge in [-0.3, -0.25) is 0 Å². The Bertz CT molecular complexity index is 539. The van der Waals surface area contributed by atoms with Crippen molar-refractivity contribution in [1.82, 2.24) is 4.98 Å². The summed E-state index contributed by atoms with van der Waals surface area (Å²) >= 11 is 0. The van der Waals surface area contributed by atoms with Gasteiger partial charge in [0.25, 0.3) is 0 Å². The molecule has 2 N–H and O–H groups in total. The van der Waals surface area contributed by atoms with Gasteiger partial charge >= 0.3 is 0 Å². The Hall–Kier alpha value is -1.85. The number of aliphatic hydroxyl groups excluding tert-OH is 2. The van der Waals surface area contributed by atoms with Crippen molar-refractivity contribution in [2.24, 2.45) is 0 Å². The second kappa shape index (κ2) is 6.36. The molecule has 2 rings (SSSR count). The number of pyridine rings is 1. The first-order valence-corrected chi connectivity index (χ1v) is 6.20. The van der Waals surface area contributed by atoms with Gasteiger partial charge < -0.3 is 19.8 Å². The highest BCUT2D eigenvalue weighted by atomic mass is 16.5. The molecule has 1 aromatic heterocycles. The maximum Gasteiger partial charge on any atom is 0.136 e. The van der Waals surface area contributed by atoms with Crippen LogP contribution in [-0.2, 0) is 0 Å². The summed E-state index contributed by atoms with van der Waals surface area (Å²) in [4.78, 5) is 6.23. The molecular weight excluding hydrogens is 244 g/mol. The number of ether oxygens (including phenoxy) is 1. The highest BCUT2D eigenvalue weighted by molar-refractivity contribution is 5.96. The molecule has 5 nitrogen and oxygen atoms in total. The Morgan fingerprint density at radius 2 is 1.84 bits per heavy atom. The van der Waals surface area contributed by atoms with Crippen molar-refractivity contribution >= 4 is 16.6 Å². The second-order valence-electron chi connectivity index (χ2n) is 4.12. The third-order valence-corrected chi connectivity index (χ3v) is 3.00. The molecule has 1 heterocycles. The Labute approximate surface area is 112 Å². The van der Waals surface area contributed by atoms with Crippen LogP contribution in [0.5, 0.6) is 5.75 Å². The minimum Gasteiger partial charge on any atom is -0.496 e. The number of aromatic nitrogens is 1. The minimum atomic E-state index is 0.0159. The summed E-state index contributed by atoms with van der Waals surface area (Å²) in [6.07, 6.45) is 1.71. The van der Waals surface area contributed by atoms with E-state index < -0.39 is 0 Å². The summed E-state index contributed by atoms with van der Waals surface area (Å²) in [5, 5.41) is 20.2. The molecule has 0 spiro atoms. The molecule has 102 valence electrons. The SMILES string of the molecule is COc1cccc2c(N(CCO)CCO)nccc12. The standard InChI is InChI=1S/C14H18N2O3/c1-19-13-4-2-3-12-11(13)5-6-15-14(12)16(7-9-17)8-10-18/h2-6,17-18H,7-10H2,1H3. The highest BCUT2D eigenvalue weighted by Gasteiger charge is 2.12. The van der Waals surface area contributed by atoms with E-state index in [0.29, 0.717) is 13.1 Å². The lowest BCUT2D eigenvalue weighted by Gasteiger charge is -2.23. The maximum atomic E-state index is 9.12. The first-order chi connectivity index (χ1) is 9.31. The summed E-state index contributed by atoms with van der Waals surface area (Å²) in [5.41, 5.74) is 0. The summed E-state index contributed by atoms with van der Waals surface area (Å²) in [6.45, 7) is 0.901. The van der Waals surface area contributed by atoms with E-state index in [4.69, 9.17) is 14.9 Å². The number of methoxy groups -OCH3 is 1. The van der Waals surface area contributed by atoms with Crippen LogP contribution in [0.4, 0.5) is 5.82 Å². The quantitative estimate of drug-likeness (QED) is 0.814. The molecule has 0 amide bonds. The highest BCUT2D eigenvalue weighted by Crippen LogP contribution is 2.30. The Morgan fingerprint density at radius 1 is 1.11 bits per heavy atom. The molecule has 0 atom stereocenters. The van der Waals surface area contributed by atoms with Gasteiger partial charge in [0, 0.05) is 30.1 Å². The molecular formula is C14H18N2O3. The normalized spacial score (nSPS) is 10.7. The zero-order valence-electron chi connectivity index (χ0n) is 10.9. The van der Waals surface area contributed by atoms with E-state index in [2.05, 4.69) is 4.98 Å². The van der Waals surface area contributed by atoms with Crippen molar-refractivity contribution in [1.29, 1.82) is 0 Å². The van der Waals surface area contributed by atoms with E-state index >= 15 is 0 Å². The average molecular weight is 262 g/mol. The molecule has 0 saturated carbocycles. The molecule has 0 aliphatic heterocycles. The first kappa shape index (κ1) is 13.6. The van der Waals surface area contributed by atoms with Crippen LogP contribution in [0.15, 0.2) is 30.5 Å². The number of benzene rings is 1. The second-order valence-corrected chi connectivity index (χ2v) is 4.12. The lowest BCUT2D eigenvalue weighted by Crippen LogP contribution is -2.30. The van der Waals surface area contributed by atoms with Crippen molar-refractivity contribution in [3.05, 3.63) is 30.5 Å². The monoisotopic (exact) mass is 262 g/mol. The minimum absolute atomic E-state index is 0.0159. The zero-order chi connectivity index (χ0) is 13.7. The van der Waals surface area contributed by atoms with Gasteiger partial charge in [-0.2, -0.15) is 0 Å². The number of hydrogen-bond donors (Lipinski definition) is 2. The third-order valence-electron chi connectivity index (χ3n) is 3.00. The molecule has 5 heteroatoms. The molecule has 19 heavy (non-hydrogen) atoms. The van der Waals surface area contributed by atoms with Gasteiger partial charge in [0.05, 0.1) is 20.3 Å². The van der Waals surface area contributed by atoms with Gasteiger partial charge in [-0.15, -0.1) is 0 Å². The van der Waals surface area contributed by atoms with Crippen molar-refractivity contribution in [2.75, 3.05) is 38.3 Å². The summed E-state index contributed by atoms with van der Waals surface area (Å²) in [5.74, 6) is 1.54. The van der Waals surface area contributed by atoms with Gasteiger partial charge in [-0.25, -0.2) is 4.98 Å². The molecule has 0 saturated heterocycles. The van der Waals surface area contributed by atoms with E-state index in [9.17, 15) is 0 Å². The van der Waals surface area contributed by atoms with E-state index in [0.717, 1.165) is 22.3 Å². The summed E-state index contributed by atoms with van der Waals surface area (Å²) in [7, 11) is 1.63. The average Bonchev–Trinajstić information content (AvgIpc) is 2.46. The molecule has 1 aromatic carbocycles. The van der Waals surface area contributed by atoms with Crippen LogP contribution in [0.1, 0.15) is 0 Å². The Balaban J connectivity index is 2.53. The van der Waals surface area contributed by atoms with Crippen LogP contribution in [0.25, 0.3) is 10.8 Å². The fourth-order valence-corrected chi connectivity index (χ4v) is 2.16. The molecule has 0 bridgehead atoms. The third kappa shape index (κ3) is 2.77. The number of anilines is 1. The lowest BCUT2D eigenvalue weighted by molar-refractivity contribution is 0.281. The van der Waals surface area contributed by atoms with Crippen LogP contribution >= 0.6 is 0 Å². The molecule has 0 fully saturated rings. The Kier molecular flexibility index (Phi) is 4.54. The van der Waals surface area contributed by atoms with Gasteiger partial charge in [0.2, 0.25) is 0 Å². The molecule has 0 unspecified atom stereocenters. The summed E-state index contributed by atoms with van der Waals surface area (Å²) in [6, 6.07) is 7.66. The smallest absolute Gasteiger partial charge is 0.136 e. The van der Waals surface area contributed by atoms with Crippen molar-refractivity contribution in [3.63, 3.8) is 0 Å². The van der Waals surface area contributed by atoms with Gasteiger partial charge in [0.1, 0.15) is 11.6 Å². The molecule has 0 aliphatic carbocycles. The van der Waals surface area contributed by atoms with Crippen LogP contribution < -0.4 is 9.64 Å². The van der Waals surface area contributed by atoms with E-state index in [-0.39, 0.29) is 13.2 Å². The first-order valence-electron chi connectivity index (χ1n) is 6.20. The topological polar surface area (TPSA) is 65.8 Å². The van der Waals surface area contributed by atoms with Crippen molar-refractivity contribution in [2.45, 2.75) is 0 Å². The number of rotatable bonds is 6. The number of aliphatic hydroxyl groups is 2. The molecule has 2 aromatic rings. The predicted octanol–water partition coefficient (Wildman–Crippen LogP) is 1.03. The van der Waals surface area contributed by atoms with Gasteiger partial charge in [-0.1, -0.05) is 12.1 Å². The lowest BCUT2D eigenvalue weighted by atomic mass is 10.1. The van der Waals surface area contributed by atoms with Crippen molar-refractivity contribution in [3.8, 4) is 5.75 Å². The fraction of sp³-hybridized carbons (Fsp3) is 0.357. The van der Waals surface area contributed by atoms with Crippen LogP contribution in [0, 0.1) is 0 Å². The number of hydrogen-bond acceptors (Lipinski definition) is 5.